The average Bonchev–Trinajstić information content (AvgIpc) is 2.52. The zero-order chi connectivity index (χ0) is 15.6. The zero-order valence-electron chi connectivity index (χ0n) is 13.0. The molecule has 1 aromatic rings. The molecule has 0 radical (unpaired) electrons. The van der Waals surface area contributed by atoms with Crippen molar-refractivity contribution in [2.24, 2.45) is 0 Å². The van der Waals surface area contributed by atoms with Crippen molar-refractivity contribution >= 4 is 11.8 Å². The molecule has 0 unspecified atom stereocenters. The largest absolute Gasteiger partial charge is 0.336 e. The summed E-state index contributed by atoms with van der Waals surface area (Å²) in [6.45, 7) is 0.361. The Balaban J connectivity index is 1.66. The molecule has 22 heavy (non-hydrogen) atoms. The van der Waals surface area contributed by atoms with Crippen molar-refractivity contribution in [1.29, 1.82) is 0 Å². The van der Waals surface area contributed by atoms with E-state index in [0.717, 1.165) is 0 Å². The highest BCUT2D eigenvalue weighted by atomic mass is 16.2. The van der Waals surface area contributed by atoms with Gasteiger partial charge in [0.25, 0.3) is 11.8 Å². The number of hydrazine groups is 1. The van der Waals surface area contributed by atoms with Gasteiger partial charge < -0.3 is 5.32 Å². The van der Waals surface area contributed by atoms with Gasteiger partial charge in [0.1, 0.15) is 0 Å². The predicted molar refractivity (Wildman–Crippen MR) is 85.0 cm³/mol. The van der Waals surface area contributed by atoms with E-state index in [1.807, 2.05) is 6.07 Å². The van der Waals surface area contributed by atoms with E-state index in [2.05, 4.69) is 16.2 Å². The van der Waals surface area contributed by atoms with Crippen LogP contribution in [0.2, 0.25) is 0 Å². The molecular weight excluding hydrogens is 278 g/mol. The maximum atomic E-state index is 11.8. The standard InChI is InChI=1S/C17H25N3O2/c21-16(13-18-15-11-7-2-1-3-8-12-15)19-20-17(22)14-9-5-4-6-10-14/h4-6,9-10,15,18H,1-3,7-8,11-13H2,(H,19,21)(H,20,22)/p+1. The van der Waals surface area contributed by atoms with Gasteiger partial charge in [-0.25, -0.2) is 0 Å². The second-order valence-corrected chi connectivity index (χ2v) is 5.91. The summed E-state index contributed by atoms with van der Waals surface area (Å²) in [6.07, 6.45) is 8.85. The lowest BCUT2D eigenvalue weighted by atomic mass is 9.97. The molecule has 0 bridgehead atoms. The summed E-state index contributed by atoms with van der Waals surface area (Å²) in [7, 11) is 0. The molecule has 0 atom stereocenters. The number of quaternary nitrogens is 1. The number of benzene rings is 1. The van der Waals surface area contributed by atoms with Gasteiger partial charge in [0, 0.05) is 5.56 Å². The molecule has 120 valence electrons. The Morgan fingerprint density at radius 1 is 0.955 bits per heavy atom. The summed E-state index contributed by atoms with van der Waals surface area (Å²) in [6, 6.07) is 9.39. The molecule has 0 saturated heterocycles. The SMILES string of the molecule is O=C(C[NH2+]C1CCCCCCC1)NNC(=O)c1ccccc1. The van der Waals surface area contributed by atoms with Crippen LogP contribution in [-0.4, -0.2) is 24.4 Å². The number of hydrogen-bond donors (Lipinski definition) is 3. The molecule has 2 amide bonds. The highest BCUT2D eigenvalue weighted by molar-refractivity contribution is 5.95. The first-order valence-corrected chi connectivity index (χ1v) is 8.23. The summed E-state index contributed by atoms with van der Waals surface area (Å²) < 4.78 is 0. The summed E-state index contributed by atoms with van der Waals surface area (Å²) in [5.41, 5.74) is 5.46. The lowest BCUT2D eigenvalue weighted by Gasteiger charge is -2.18. The van der Waals surface area contributed by atoms with Crippen LogP contribution >= 0.6 is 0 Å². The fourth-order valence-electron chi connectivity index (χ4n) is 2.84. The Bertz CT molecular complexity index is 468. The van der Waals surface area contributed by atoms with Crippen molar-refractivity contribution in [1.82, 2.24) is 10.9 Å². The third-order valence-electron chi connectivity index (χ3n) is 4.14. The molecule has 1 saturated carbocycles. The number of carbonyl (C=O) groups is 2. The van der Waals surface area contributed by atoms with Gasteiger partial charge in [-0.3, -0.25) is 20.4 Å². The van der Waals surface area contributed by atoms with E-state index in [9.17, 15) is 9.59 Å². The van der Waals surface area contributed by atoms with Gasteiger partial charge in [0.15, 0.2) is 6.54 Å². The van der Waals surface area contributed by atoms with Crippen LogP contribution in [0.5, 0.6) is 0 Å². The molecule has 1 aromatic carbocycles. The minimum Gasteiger partial charge on any atom is -0.336 e. The van der Waals surface area contributed by atoms with Crippen molar-refractivity contribution in [2.45, 2.75) is 51.0 Å². The van der Waals surface area contributed by atoms with Crippen molar-refractivity contribution in [3.63, 3.8) is 0 Å². The zero-order valence-corrected chi connectivity index (χ0v) is 13.0. The highest BCUT2D eigenvalue weighted by Crippen LogP contribution is 2.14. The second kappa shape index (κ2) is 9.20. The predicted octanol–water partition coefficient (Wildman–Crippen LogP) is 1.12. The highest BCUT2D eigenvalue weighted by Gasteiger charge is 2.16. The molecule has 0 aliphatic heterocycles. The van der Waals surface area contributed by atoms with Crippen LogP contribution in [0, 0.1) is 0 Å². The van der Waals surface area contributed by atoms with E-state index in [1.165, 1.54) is 44.9 Å². The lowest BCUT2D eigenvalue weighted by molar-refractivity contribution is -0.680. The Labute approximate surface area is 131 Å². The smallest absolute Gasteiger partial charge is 0.293 e. The van der Waals surface area contributed by atoms with E-state index in [4.69, 9.17) is 0 Å². The number of amides is 2. The summed E-state index contributed by atoms with van der Waals surface area (Å²) in [5.74, 6) is -0.453. The minimum atomic E-state index is -0.292. The average molecular weight is 304 g/mol. The first kappa shape index (κ1) is 16.5. The number of rotatable bonds is 4. The van der Waals surface area contributed by atoms with Crippen molar-refractivity contribution in [3.05, 3.63) is 35.9 Å². The van der Waals surface area contributed by atoms with Crippen molar-refractivity contribution in [2.75, 3.05) is 6.54 Å². The first-order chi connectivity index (χ1) is 10.8. The topological polar surface area (TPSA) is 74.8 Å². The van der Waals surface area contributed by atoms with Crippen LogP contribution in [-0.2, 0) is 4.79 Å². The fraction of sp³-hybridized carbons (Fsp3) is 0.529. The fourth-order valence-corrected chi connectivity index (χ4v) is 2.84. The van der Waals surface area contributed by atoms with Gasteiger partial charge in [-0.05, 0) is 37.8 Å². The van der Waals surface area contributed by atoms with Gasteiger partial charge in [0.05, 0.1) is 6.04 Å². The first-order valence-electron chi connectivity index (χ1n) is 8.23. The van der Waals surface area contributed by atoms with Crippen LogP contribution in [0.25, 0.3) is 0 Å². The van der Waals surface area contributed by atoms with E-state index in [0.29, 0.717) is 18.2 Å². The number of carbonyl (C=O) groups excluding carboxylic acids is 2. The van der Waals surface area contributed by atoms with Gasteiger partial charge in [-0.2, -0.15) is 0 Å². The normalized spacial score (nSPS) is 16.4. The summed E-state index contributed by atoms with van der Waals surface area (Å²) in [4.78, 5) is 23.6. The molecule has 2 rings (SSSR count). The van der Waals surface area contributed by atoms with Crippen molar-refractivity contribution in [3.8, 4) is 0 Å². The molecule has 4 N–H and O–H groups in total. The summed E-state index contributed by atoms with van der Waals surface area (Å²) >= 11 is 0. The molecule has 0 aromatic heterocycles. The molecule has 1 fully saturated rings. The van der Waals surface area contributed by atoms with Crippen LogP contribution < -0.4 is 16.2 Å². The lowest BCUT2D eigenvalue weighted by Crippen LogP contribution is -2.92. The quantitative estimate of drug-likeness (QED) is 0.729. The molecule has 1 aliphatic rings. The maximum Gasteiger partial charge on any atom is 0.293 e. The maximum absolute atomic E-state index is 11.8. The van der Waals surface area contributed by atoms with Crippen LogP contribution in [0.4, 0.5) is 0 Å². The third-order valence-corrected chi connectivity index (χ3v) is 4.14. The number of hydrogen-bond acceptors (Lipinski definition) is 2. The van der Waals surface area contributed by atoms with Gasteiger partial charge >= 0.3 is 0 Å². The second-order valence-electron chi connectivity index (χ2n) is 5.91. The van der Waals surface area contributed by atoms with Gasteiger partial charge in [-0.1, -0.05) is 37.5 Å². The third kappa shape index (κ3) is 5.85. The minimum absolute atomic E-state index is 0.161. The Morgan fingerprint density at radius 3 is 2.27 bits per heavy atom. The van der Waals surface area contributed by atoms with E-state index < -0.39 is 0 Å². The Hall–Kier alpha value is -1.88. The van der Waals surface area contributed by atoms with E-state index in [1.54, 1.807) is 24.3 Å². The Kier molecular flexibility index (Phi) is 6.90. The summed E-state index contributed by atoms with van der Waals surface area (Å²) in [5, 5.41) is 2.11. The number of nitrogens with two attached hydrogens (primary N) is 1. The monoisotopic (exact) mass is 304 g/mol. The van der Waals surface area contributed by atoms with E-state index in [-0.39, 0.29) is 11.8 Å². The molecule has 5 nitrogen and oxygen atoms in total. The van der Waals surface area contributed by atoms with Crippen LogP contribution in [0.1, 0.15) is 55.3 Å². The molecule has 0 heterocycles. The van der Waals surface area contributed by atoms with Crippen molar-refractivity contribution < 1.29 is 14.9 Å². The van der Waals surface area contributed by atoms with Gasteiger partial charge in [0.2, 0.25) is 0 Å². The van der Waals surface area contributed by atoms with Gasteiger partial charge in [-0.15, -0.1) is 0 Å². The number of nitrogens with one attached hydrogen (secondary N) is 2. The van der Waals surface area contributed by atoms with Crippen LogP contribution in [0.15, 0.2) is 30.3 Å². The van der Waals surface area contributed by atoms with E-state index >= 15 is 0 Å². The molecule has 1 aliphatic carbocycles. The van der Waals surface area contributed by atoms with Crippen LogP contribution in [0.3, 0.4) is 0 Å². The molecular formula is C17H26N3O2+. The Morgan fingerprint density at radius 2 is 1.59 bits per heavy atom. The molecule has 5 heteroatoms. The molecule has 0 spiro atoms.